The zero-order valence-electron chi connectivity index (χ0n) is 11.8. The van der Waals surface area contributed by atoms with Crippen LogP contribution in [0.3, 0.4) is 0 Å². The summed E-state index contributed by atoms with van der Waals surface area (Å²) in [5.41, 5.74) is 0.294. The Labute approximate surface area is 127 Å². The van der Waals surface area contributed by atoms with Gasteiger partial charge in [0.05, 0.1) is 25.9 Å². The molecule has 0 bridgehead atoms. The number of nitrogens with zero attached hydrogens (tertiary/aromatic N) is 4. The molecule has 2 rings (SSSR count). The Morgan fingerprint density at radius 3 is 2.52 bits per heavy atom. The molecule has 0 atom stereocenters. The maximum absolute atomic E-state index is 12.2. The number of ether oxygens (including phenoxy) is 1. The van der Waals surface area contributed by atoms with Gasteiger partial charge in [0.25, 0.3) is 5.91 Å². The largest absolute Gasteiger partial charge is 0.469 e. The van der Waals surface area contributed by atoms with Gasteiger partial charge in [-0.1, -0.05) is 11.6 Å². The molecule has 21 heavy (non-hydrogen) atoms. The van der Waals surface area contributed by atoms with Gasteiger partial charge in [0, 0.05) is 32.7 Å². The van der Waals surface area contributed by atoms with E-state index in [0.29, 0.717) is 31.7 Å². The van der Waals surface area contributed by atoms with Crippen molar-refractivity contribution in [3.8, 4) is 0 Å². The molecule has 1 aromatic rings. The number of halogens is 1. The summed E-state index contributed by atoms with van der Waals surface area (Å²) < 4.78 is 4.61. The number of aromatic nitrogens is 2. The van der Waals surface area contributed by atoms with Crippen molar-refractivity contribution in [3.05, 3.63) is 23.2 Å². The molecule has 0 aliphatic carbocycles. The van der Waals surface area contributed by atoms with Crippen LogP contribution in [0.1, 0.15) is 16.9 Å². The average Bonchev–Trinajstić information content (AvgIpc) is 2.53. The van der Waals surface area contributed by atoms with E-state index < -0.39 is 0 Å². The fraction of sp³-hybridized carbons (Fsp3) is 0.538. The minimum absolute atomic E-state index is 0.146. The standard InChI is InChI=1S/C13H17ClN4O3/c1-21-12(19)2-3-17-4-6-18(7-5-17)13(20)10-8-16-11(14)9-15-10/h8-9H,2-7H2,1H3. The number of amides is 1. The summed E-state index contributed by atoms with van der Waals surface area (Å²) in [6.45, 7) is 3.30. The second-order valence-corrected chi connectivity index (χ2v) is 5.07. The number of esters is 1. The number of carbonyl (C=O) groups is 2. The number of rotatable bonds is 4. The monoisotopic (exact) mass is 312 g/mol. The van der Waals surface area contributed by atoms with Gasteiger partial charge in [-0.15, -0.1) is 0 Å². The molecule has 7 nitrogen and oxygen atoms in total. The molecule has 1 saturated heterocycles. The van der Waals surface area contributed by atoms with Crippen LogP contribution in [0.15, 0.2) is 12.4 Å². The van der Waals surface area contributed by atoms with E-state index in [-0.39, 0.29) is 17.0 Å². The first kappa shape index (κ1) is 15.7. The fourth-order valence-electron chi connectivity index (χ4n) is 2.11. The zero-order chi connectivity index (χ0) is 15.2. The third kappa shape index (κ3) is 4.37. The van der Waals surface area contributed by atoms with Gasteiger partial charge >= 0.3 is 5.97 Å². The molecule has 1 aromatic heterocycles. The first-order valence-corrected chi connectivity index (χ1v) is 7.04. The summed E-state index contributed by atoms with van der Waals surface area (Å²) in [7, 11) is 1.38. The summed E-state index contributed by atoms with van der Waals surface area (Å²) in [5, 5.41) is 0.263. The van der Waals surface area contributed by atoms with Crippen LogP contribution in [-0.4, -0.2) is 71.5 Å². The van der Waals surface area contributed by atoms with Gasteiger partial charge in [-0.05, 0) is 0 Å². The number of carbonyl (C=O) groups excluding carboxylic acids is 2. The van der Waals surface area contributed by atoms with E-state index in [1.54, 1.807) is 4.90 Å². The van der Waals surface area contributed by atoms with Crippen LogP contribution in [0, 0.1) is 0 Å². The Kier molecular flexibility index (Phi) is 5.46. The molecular formula is C13H17ClN4O3. The summed E-state index contributed by atoms with van der Waals surface area (Å²) in [6.07, 6.45) is 3.11. The van der Waals surface area contributed by atoms with E-state index in [1.165, 1.54) is 19.5 Å². The maximum Gasteiger partial charge on any atom is 0.306 e. The first-order valence-electron chi connectivity index (χ1n) is 6.66. The van der Waals surface area contributed by atoms with E-state index in [0.717, 1.165) is 13.1 Å². The minimum Gasteiger partial charge on any atom is -0.469 e. The van der Waals surface area contributed by atoms with E-state index >= 15 is 0 Å². The van der Waals surface area contributed by atoms with Gasteiger partial charge in [-0.3, -0.25) is 14.5 Å². The van der Waals surface area contributed by atoms with Crippen molar-refractivity contribution in [2.24, 2.45) is 0 Å². The molecule has 0 aromatic carbocycles. The summed E-state index contributed by atoms with van der Waals surface area (Å²) >= 11 is 5.65. The molecule has 1 fully saturated rings. The number of methoxy groups -OCH3 is 1. The lowest BCUT2D eigenvalue weighted by molar-refractivity contribution is -0.141. The summed E-state index contributed by atoms with van der Waals surface area (Å²) in [5.74, 6) is -0.364. The van der Waals surface area contributed by atoms with Crippen molar-refractivity contribution in [3.63, 3.8) is 0 Å². The van der Waals surface area contributed by atoms with Crippen LogP contribution < -0.4 is 0 Å². The van der Waals surface area contributed by atoms with Gasteiger partial charge in [0.2, 0.25) is 0 Å². The molecule has 0 saturated carbocycles. The molecule has 1 aliphatic heterocycles. The quantitative estimate of drug-likeness (QED) is 0.752. The molecule has 8 heteroatoms. The lowest BCUT2D eigenvalue weighted by atomic mass is 10.2. The number of piperazine rings is 1. The highest BCUT2D eigenvalue weighted by molar-refractivity contribution is 6.29. The number of hydrogen-bond acceptors (Lipinski definition) is 6. The molecule has 0 unspecified atom stereocenters. The van der Waals surface area contributed by atoms with Crippen LogP contribution in [0.5, 0.6) is 0 Å². The topological polar surface area (TPSA) is 75.6 Å². The van der Waals surface area contributed by atoms with Gasteiger partial charge < -0.3 is 9.64 Å². The highest BCUT2D eigenvalue weighted by Gasteiger charge is 2.23. The first-order chi connectivity index (χ1) is 10.1. The Hall–Kier alpha value is -1.73. The van der Waals surface area contributed by atoms with E-state index in [1.807, 2.05) is 0 Å². The molecule has 2 heterocycles. The van der Waals surface area contributed by atoms with Crippen molar-refractivity contribution in [2.45, 2.75) is 6.42 Å². The van der Waals surface area contributed by atoms with Gasteiger partial charge in [0.1, 0.15) is 10.8 Å². The molecule has 0 spiro atoms. The Bertz CT molecular complexity index is 501. The van der Waals surface area contributed by atoms with Crippen LogP contribution in [0.4, 0.5) is 0 Å². The van der Waals surface area contributed by atoms with Gasteiger partial charge in [-0.2, -0.15) is 0 Å². The van der Waals surface area contributed by atoms with Gasteiger partial charge in [-0.25, -0.2) is 9.97 Å². The third-order valence-electron chi connectivity index (χ3n) is 3.36. The molecular weight excluding hydrogens is 296 g/mol. The fourth-order valence-corrected chi connectivity index (χ4v) is 2.21. The smallest absolute Gasteiger partial charge is 0.306 e. The van der Waals surface area contributed by atoms with Crippen LogP contribution in [0.2, 0.25) is 5.15 Å². The lowest BCUT2D eigenvalue weighted by Gasteiger charge is -2.34. The van der Waals surface area contributed by atoms with Crippen molar-refractivity contribution < 1.29 is 14.3 Å². The van der Waals surface area contributed by atoms with Crippen molar-refractivity contribution in [2.75, 3.05) is 39.8 Å². The van der Waals surface area contributed by atoms with E-state index in [9.17, 15) is 9.59 Å². The Morgan fingerprint density at radius 1 is 1.24 bits per heavy atom. The highest BCUT2D eigenvalue weighted by atomic mass is 35.5. The summed E-state index contributed by atoms with van der Waals surface area (Å²) in [6, 6.07) is 0. The predicted molar refractivity (Wildman–Crippen MR) is 76.0 cm³/mol. The minimum atomic E-state index is -0.218. The highest BCUT2D eigenvalue weighted by Crippen LogP contribution is 2.08. The molecule has 0 radical (unpaired) electrons. The normalized spacial score (nSPS) is 15.8. The Balaban J connectivity index is 1.82. The third-order valence-corrected chi connectivity index (χ3v) is 3.55. The van der Waals surface area contributed by atoms with Crippen molar-refractivity contribution in [1.29, 1.82) is 0 Å². The van der Waals surface area contributed by atoms with E-state index in [4.69, 9.17) is 11.6 Å². The van der Waals surface area contributed by atoms with Crippen LogP contribution in [-0.2, 0) is 9.53 Å². The zero-order valence-corrected chi connectivity index (χ0v) is 12.5. The number of hydrogen-bond donors (Lipinski definition) is 0. The van der Waals surface area contributed by atoms with Crippen molar-refractivity contribution >= 4 is 23.5 Å². The second-order valence-electron chi connectivity index (χ2n) is 4.68. The SMILES string of the molecule is COC(=O)CCN1CCN(C(=O)c2cnc(Cl)cn2)CC1. The molecule has 114 valence electrons. The van der Waals surface area contributed by atoms with Crippen molar-refractivity contribution in [1.82, 2.24) is 19.8 Å². The maximum atomic E-state index is 12.2. The van der Waals surface area contributed by atoms with E-state index in [2.05, 4.69) is 19.6 Å². The molecule has 1 amide bonds. The van der Waals surface area contributed by atoms with Crippen LogP contribution in [0.25, 0.3) is 0 Å². The second kappa shape index (κ2) is 7.33. The average molecular weight is 313 g/mol. The van der Waals surface area contributed by atoms with Gasteiger partial charge in [0.15, 0.2) is 0 Å². The lowest BCUT2D eigenvalue weighted by Crippen LogP contribution is -2.49. The molecule has 1 aliphatic rings. The molecule has 0 N–H and O–H groups in total. The summed E-state index contributed by atoms with van der Waals surface area (Å²) in [4.78, 5) is 35.0. The Morgan fingerprint density at radius 2 is 1.95 bits per heavy atom. The van der Waals surface area contributed by atoms with Crippen LogP contribution >= 0.6 is 11.6 Å². The predicted octanol–water partition coefficient (Wildman–Crippen LogP) is 0.451.